The Balaban J connectivity index is 2.12. The first-order chi connectivity index (χ1) is 4.97. The summed E-state index contributed by atoms with van der Waals surface area (Å²) < 4.78 is 0. The average Bonchev–Trinajstić information content (AvgIpc) is 2.59. The minimum Gasteiger partial charge on any atom is -0.351 e. The Bertz CT molecular complexity index is 188. The minimum absolute atomic E-state index is 0.256. The van der Waals surface area contributed by atoms with Crippen LogP contribution in [0.3, 0.4) is 0 Å². The first-order valence-corrected chi connectivity index (χ1v) is 3.42. The van der Waals surface area contributed by atoms with Crippen LogP contribution < -0.4 is 10.6 Å². The number of nitrogens with one attached hydrogen (secondary N) is 3. The van der Waals surface area contributed by atoms with E-state index < -0.39 is 0 Å². The van der Waals surface area contributed by atoms with E-state index in [-0.39, 0.29) is 6.17 Å². The SMILES string of the molecule is c1nc(C2NCCN2)c[nH]1. The molecule has 0 aliphatic carbocycles. The molecule has 10 heavy (non-hydrogen) atoms. The van der Waals surface area contributed by atoms with Gasteiger partial charge in [-0.25, -0.2) is 4.98 Å². The van der Waals surface area contributed by atoms with Gasteiger partial charge in [0.05, 0.1) is 12.0 Å². The van der Waals surface area contributed by atoms with Crippen molar-refractivity contribution in [2.75, 3.05) is 13.1 Å². The largest absolute Gasteiger partial charge is 0.351 e. The molecule has 1 aliphatic heterocycles. The number of imidazole rings is 1. The topological polar surface area (TPSA) is 52.7 Å². The Hall–Kier alpha value is -0.870. The molecule has 0 atom stereocenters. The molecule has 1 aromatic heterocycles. The Morgan fingerprint density at radius 2 is 2.20 bits per heavy atom. The van der Waals surface area contributed by atoms with Gasteiger partial charge < -0.3 is 4.98 Å². The van der Waals surface area contributed by atoms with Crippen LogP contribution >= 0.6 is 0 Å². The quantitative estimate of drug-likeness (QED) is 0.495. The zero-order valence-corrected chi connectivity index (χ0v) is 5.59. The van der Waals surface area contributed by atoms with Gasteiger partial charge in [0.25, 0.3) is 0 Å². The molecule has 0 spiro atoms. The number of aromatic amines is 1. The standard InChI is InChI=1S/C6H10N4/c1-2-9-6(8-1)5-3-7-4-10-5/h3-4,6,8-9H,1-2H2,(H,7,10). The van der Waals surface area contributed by atoms with Gasteiger partial charge in [-0.3, -0.25) is 10.6 Å². The highest BCUT2D eigenvalue weighted by molar-refractivity contribution is 5.02. The van der Waals surface area contributed by atoms with E-state index in [0.717, 1.165) is 18.8 Å². The number of H-pyrrole nitrogens is 1. The second-order valence-corrected chi connectivity index (χ2v) is 2.34. The van der Waals surface area contributed by atoms with Gasteiger partial charge in [-0.2, -0.15) is 0 Å². The summed E-state index contributed by atoms with van der Waals surface area (Å²) in [4.78, 5) is 7.03. The monoisotopic (exact) mass is 138 g/mol. The van der Waals surface area contributed by atoms with Crippen LogP contribution in [-0.2, 0) is 0 Å². The van der Waals surface area contributed by atoms with E-state index in [1.54, 1.807) is 6.33 Å². The van der Waals surface area contributed by atoms with E-state index >= 15 is 0 Å². The second kappa shape index (κ2) is 2.40. The van der Waals surface area contributed by atoms with Crippen LogP contribution in [0, 0.1) is 0 Å². The van der Waals surface area contributed by atoms with Gasteiger partial charge in [0, 0.05) is 19.3 Å². The molecule has 1 fully saturated rings. The van der Waals surface area contributed by atoms with Crippen molar-refractivity contribution in [2.45, 2.75) is 6.17 Å². The first-order valence-electron chi connectivity index (χ1n) is 3.42. The van der Waals surface area contributed by atoms with E-state index in [1.807, 2.05) is 6.20 Å². The molecular weight excluding hydrogens is 128 g/mol. The Morgan fingerprint density at radius 3 is 2.80 bits per heavy atom. The lowest BCUT2D eigenvalue weighted by Crippen LogP contribution is -2.21. The van der Waals surface area contributed by atoms with Crippen molar-refractivity contribution < 1.29 is 0 Å². The number of aromatic nitrogens is 2. The molecular formula is C6H10N4. The molecule has 54 valence electrons. The van der Waals surface area contributed by atoms with Crippen molar-refractivity contribution in [1.82, 2.24) is 20.6 Å². The molecule has 0 unspecified atom stereocenters. The molecule has 0 radical (unpaired) electrons. The summed E-state index contributed by atoms with van der Waals surface area (Å²) >= 11 is 0. The summed E-state index contributed by atoms with van der Waals surface area (Å²) in [6.45, 7) is 2.05. The molecule has 1 saturated heterocycles. The highest BCUT2D eigenvalue weighted by Crippen LogP contribution is 2.06. The predicted molar refractivity (Wildman–Crippen MR) is 37.3 cm³/mol. The summed E-state index contributed by atoms with van der Waals surface area (Å²) in [6, 6.07) is 0. The Labute approximate surface area is 59.0 Å². The molecule has 0 amide bonds. The third kappa shape index (κ3) is 0.913. The summed E-state index contributed by atoms with van der Waals surface area (Å²) in [5.74, 6) is 0. The van der Waals surface area contributed by atoms with Crippen molar-refractivity contribution in [3.05, 3.63) is 18.2 Å². The van der Waals surface area contributed by atoms with Crippen LogP contribution in [0.15, 0.2) is 12.5 Å². The van der Waals surface area contributed by atoms with E-state index in [0.29, 0.717) is 0 Å². The molecule has 0 aromatic carbocycles. The van der Waals surface area contributed by atoms with E-state index in [1.165, 1.54) is 0 Å². The van der Waals surface area contributed by atoms with Gasteiger partial charge in [0.1, 0.15) is 6.17 Å². The molecule has 4 heteroatoms. The first kappa shape index (κ1) is 5.88. The lowest BCUT2D eigenvalue weighted by atomic mass is 10.4. The lowest BCUT2D eigenvalue weighted by Gasteiger charge is -2.04. The molecule has 0 saturated carbocycles. The highest BCUT2D eigenvalue weighted by atomic mass is 15.2. The number of hydrogen-bond acceptors (Lipinski definition) is 3. The summed E-state index contributed by atoms with van der Waals surface area (Å²) in [6.07, 6.45) is 3.85. The van der Waals surface area contributed by atoms with Crippen molar-refractivity contribution in [2.24, 2.45) is 0 Å². The van der Waals surface area contributed by atoms with Gasteiger partial charge in [-0.1, -0.05) is 0 Å². The van der Waals surface area contributed by atoms with Gasteiger partial charge in [-0.05, 0) is 0 Å². The van der Waals surface area contributed by atoms with Crippen molar-refractivity contribution in [1.29, 1.82) is 0 Å². The maximum Gasteiger partial charge on any atom is 0.103 e. The third-order valence-corrected chi connectivity index (χ3v) is 1.64. The maximum absolute atomic E-state index is 4.12. The van der Waals surface area contributed by atoms with E-state index in [9.17, 15) is 0 Å². The van der Waals surface area contributed by atoms with Crippen LogP contribution in [0.5, 0.6) is 0 Å². The third-order valence-electron chi connectivity index (χ3n) is 1.64. The minimum atomic E-state index is 0.256. The van der Waals surface area contributed by atoms with E-state index in [4.69, 9.17) is 0 Å². The molecule has 0 bridgehead atoms. The second-order valence-electron chi connectivity index (χ2n) is 2.34. The van der Waals surface area contributed by atoms with Gasteiger partial charge in [0.15, 0.2) is 0 Å². The zero-order valence-electron chi connectivity index (χ0n) is 5.59. The summed E-state index contributed by atoms with van der Waals surface area (Å²) in [7, 11) is 0. The summed E-state index contributed by atoms with van der Waals surface area (Å²) in [5, 5.41) is 6.53. The Morgan fingerprint density at radius 1 is 1.40 bits per heavy atom. The maximum atomic E-state index is 4.12. The fourth-order valence-electron chi connectivity index (χ4n) is 1.14. The van der Waals surface area contributed by atoms with Gasteiger partial charge in [0.2, 0.25) is 0 Å². The van der Waals surface area contributed by atoms with Crippen molar-refractivity contribution in [3.8, 4) is 0 Å². The molecule has 1 aromatic rings. The zero-order chi connectivity index (χ0) is 6.81. The van der Waals surface area contributed by atoms with Crippen LogP contribution in [-0.4, -0.2) is 23.1 Å². The fraction of sp³-hybridized carbons (Fsp3) is 0.500. The van der Waals surface area contributed by atoms with Crippen molar-refractivity contribution in [3.63, 3.8) is 0 Å². The highest BCUT2D eigenvalue weighted by Gasteiger charge is 2.15. The van der Waals surface area contributed by atoms with E-state index in [2.05, 4.69) is 20.6 Å². The smallest absolute Gasteiger partial charge is 0.103 e. The number of rotatable bonds is 1. The van der Waals surface area contributed by atoms with Crippen LogP contribution in [0.4, 0.5) is 0 Å². The lowest BCUT2D eigenvalue weighted by molar-refractivity contribution is 0.574. The predicted octanol–water partition coefficient (Wildman–Crippen LogP) is -0.399. The van der Waals surface area contributed by atoms with Crippen LogP contribution in [0.2, 0.25) is 0 Å². The fourth-order valence-corrected chi connectivity index (χ4v) is 1.14. The van der Waals surface area contributed by atoms with Gasteiger partial charge >= 0.3 is 0 Å². The molecule has 2 rings (SSSR count). The van der Waals surface area contributed by atoms with Crippen LogP contribution in [0.1, 0.15) is 11.9 Å². The van der Waals surface area contributed by atoms with Crippen molar-refractivity contribution >= 4 is 0 Å². The molecule has 4 nitrogen and oxygen atoms in total. The number of hydrogen-bond donors (Lipinski definition) is 3. The molecule has 3 N–H and O–H groups in total. The number of nitrogens with zero attached hydrogens (tertiary/aromatic N) is 1. The average molecular weight is 138 g/mol. The normalized spacial score (nSPS) is 20.0. The van der Waals surface area contributed by atoms with Gasteiger partial charge in [-0.15, -0.1) is 0 Å². The molecule has 2 heterocycles. The summed E-state index contributed by atoms with van der Waals surface area (Å²) in [5.41, 5.74) is 1.04. The Kier molecular flexibility index (Phi) is 1.41. The molecule has 1 aliphatic rings. The van der Waals surface area contributed by atoms with Crippen LogP contribution in [0.25, 0.3) is 0 Å².